The molecule has 0 heteroatoms. The Morgan fingerprint density at radius 3 is 2.90 bits per heavy atom. The molecule has 10 heavy (non-hydrogen) atoms. The van der Waals surface area contributed by atoms with E-state index in [1.807, 2.05) is 0 Å². The first-order valence-electron chi connectivity index (χ1n) is 3.94. The van der Waals surface area contributed by atoms with Gasteiger partial charge in [-0.05, 0) is 24.3 Å². The second-order valence-corrected chi connectivity index (χ2v) is 3.13. The van der Waals surface area contributed by atoms with Crippen LogP contribution >= 0.6 is 0 Å². The van der Waals surface area contributed by atoms with Crippen molar-refractivity contribution in [2.24, 2.45) is 5.92 Å². The minimum atomic E-state index is 0.787. The molecule has 1 unspecified atom stereocenters. The van der Waals surface area contributed by atoms with Crippen LogP contribution in [-0.2, 0) is 0 Å². The summed E-state index contributed by atoms with van der Waals surface area (Å²) in [5, 5.41) is 0. The first-order chi connectivity index (χ1) is 4.88. The second kappa shape index (κ2) is 2.12. The fourth-order valence-corrected chi connectivity index (χ4v) is 1.73. The van der Waals surface area contributed by atoms with E-state index in [4.69, 9.17) is 0 Å². The highest BCUT2D eigenvalue weighted by Gasteiger charge is 2.15. The molecule has 0 aromatic heterocycles. The standard InChI is InChI=1S/C10H12/c1-8-4-2-5-9-6-3-7-10(8)9/h2-3,5-6,8H,4,7H2,1H3. The highest BCUT2D eigenvalue weighted by Crippen LogP contribution is 2.32. The van der Waals surface area contributed by atoms with Gasteiger partial charge in [-0.3, -0.25) is 0 Å². The maximum Gasteiger partial charge on any atom is -0.0124 e. The molecule has 0 aromatic rings. The molecule has 0 radical (unpaired) electrons. The van der Waals surface area contributed by atoms with Crippen molar-refractivity contribution in [1.29, 1.82) is 0 Å². The van der Waals surface area contributed by atoms with Crippen molar-refractivity contribution in [2.45, 2.75) is 19.8 Å². The fourth-order valence-electron chi connectivity index (χ4n) is 1.73. The SMILES string of the molecule is CC1CC=CC2=C1CC=C2. The molecule has 2 rings (SSSR count). The molecule has 0 spiro atoms. The summed E-state index contributed by atoms with van der Waals surface area (Å²) in [7, 11) is 0. The topological polar surface area (TPSA) is 0 Å². The lowest BCUT2D eigenvalue weighted by Gasteiger charge is -2.15. The van der Waals surface area contributed by atoms with Crippen LogP contribution in [0.5, 0.6) is 0 Å². The van der Waals surface area contributed by atoms with Crippen LogP contribution in [0, 0.1) is 5.92 Å². The molecule has 0 bridgehead atoms. The Balaban J connectivity index is 2.36. The quantitative estimate of drug-likeness (QED) is 0.475. The van der Waals surface area contributed by atoms with E-state index in [0.717, 1.165) is 5.92 Å². The largest absolute Gasteiger partial charge is 0.0834 e. The van der Waals surface area contributed by atoms with Crippen molar-refractivity contribution < 1.29 is 0 Å². The monoisotopic (exact) mass is 132 g/mol. The van der Waals surface area contributed by atoms with Crippen LogP contribution in [0.2, 0.25) is 0 Å². The predicted octanol–water partition coefficient (Wildman–Crippen LogP) is 2.84. The average molecular weight is 132 g/mol. The van der Waals surface area contributed by atoms with E-state index in [1.54, 1.807) is 5.57 Å². The lowest BCUT2D eigenvalue weighted by atomic mass is 9.90. The molecule has 0 aromatic carbocycles. The van der Waals surface area contributed by atoms with Crippen LogP contribution in [0.25, 0.3) is 0 Å². The maximum absolute atomic E-state index is 2.31. The normalized spacial score (nSPS) is 29.5. The van der Waals surface area contributed by atoms with Gasteiger partial charge in [-0.1, -0.05) is 36.8 Å². The summed E-state index contributed by atoms with van der Waals surface area (Å²) < 4.78 is 0. The van der Waals surface area contributed by atoms with Crippen molar-refractivity contribution in [3.05, 3.63) is 35.5 Å². The summed E-state index contributed by atoms with van der Waals surface area (Å²) >= 11 is 0. The summed E-state index contributed by atoms with van der Waals surface area (Å²) in [6.07, 6.45) is 11.5. The minimum Gasteiger partial charge on any atom is -0.0834 e. The number of hydrogen-bond acceptors (Lipinski definition) is 0. The van der Waals surface area contributed by atoms with E-state index in [2.05, 4.69) is 31.2 Å². The van der Waals surface area contributed by atoms with Crippen molar-refractivity contribution >= 4 is 0 Å². The molecular formula is C10H12. The second-order valence-electron chi connectivity index (χ2n) is 3.13. The Labute approximate surface area is 61.9 Å². The van der Waals surface area contributed by atoms with Gasteiger partial charge >= 0.3 is 0 Å². The van der Waals surface area contributed by atoms with Gasteiger partial charge in [0.05, 0.1) is 0 Å². The van der Waals surface area contributed by atoms with E-state index in [9.17, 15) is 0 Å². The van der Waals surface area contributed by atoms with E-state index in [0.29, 0.717) is 0 Å². The summed E-state index contributed by atoms with van der Waals surface area (Å²) in [6.45, 7) is 2.31. The molecule has 2 aliphatic carbocycles. The molecule has 0 N–H and O–H groups in total. The first kappa shape index (κ1) is 5.96. The Morgan fingerprint density at radius 2 is 2.10 bits per heavy atom. The van der Waals surface area contributed by atoms with Gasteiger partial charge in [0, 0.05) is 0 Å². The Bertz CT molecular complexity index is 228. The zero-order valence-electron chi connectivity index (χ0n) is 6.30. The van der Waals surface area contributed by atoms with E-state index in [-0.39, 0.29) is 0 Å². The van der Waals surface area contributed by atoms with Gasteiger partial charge in [-0.15, -0.1) is 0 Å². The smallest absolute Gasteiger partial charge is 0.0124 e. The van der Waals surface area contributed by atoms with Gasteiger partial charge in [0.25, 0.3) is 0 Å². The number of rotatable bonds is 0. The van der Waals surface area contributed by atoms with Crippen LogP contribution in [0.15, 0.2) is 35.5 Å². The maximum atomic E-state index is 2.31. The Morgan fingerprint density at radius 1 is 1.30 bits per heavy atom. The number of hydrogen-bond donors (Lipinski definition) is 0. The van der Waals surface area contributed by atoms with Gasteiger partial charge in [-0.25, -0.2) is 0 Å². The summed E-state index contributed by atoms with van der Waals surface area (Å²) in [5.41, 5.74) is 3.11. The molecule has 2 aliphatic rings. The summed E-state index contributed by atoms with van der Waals surface area (Å²) in [4.78, 5) is 0. The molecule has 0 saturated carbocycles. The van der Waals surface area contributed by atoms with Crippen LogP contribution < -0.4 is 0 Å². The number of allylic oxidation sites excluding steroid dienone is 6. The van der Waals surface area contributed by atoms with Gasteiger partial charge < -0.3 is 0 Å². The molecule has 52 valence electrons. The third-order valence-electron chi connectivity index (χ3n) is 2.39. The summed E-state index contributed by atoms with van der Waals surface area (Å²) in [6, 6.07) is 0. The minimum absolute atomic E-state index is 0.787. The highest BCUT2D eigenvalue weighted by molar-refractivity contribution is 5.44. The Hall–Kier alpha value is -0.780. The van der Waals surface area contributed by atoms with Crippen molar-refractivity contribution in [1.82, 2.24) is 0 Å². The lowest BCUT2D eigenvalue weighted by Crippen LogP contribution is -2.01. The molecule has 0 nitrogen and oxygen atoms in total. The van der Waals surface area contributed by atoms with Gasteiger partial charge in [0.2, 0.25) is 0 Å². The average Bonchev–Trinajstić information content (AvgIpc) is 2.36. The van der Waals surface area contributed by atoms with Crippen LogP contribution in [-0.4, -0.2) is 0 Å². The van der Waals surface area contributed by atoms with E-state index >= 15 is 0 Å². The van der Waals surface area contributed by atoms with Crippen LogP contribution in [0.4, 0.5) is 0 Å². The predicted molar refractivity (Wildman–Crippen MR) is 43.7 cm³/mol. The molecule has 0 heterocycles. The lowest BCUT2D eigenvalue weighted by molar-refractivity contribution is 0.670. The molecule has 0 saturated heterocycles. The third kappa shape index (κ3) is 0.756. The Kier molecular flexibility index (Phi) is 1.26. The molecule has 0 amide bonds. The zero-order chi connectivity index (χ0) is 6.97. The van der Waals surface area contributed by atoms with Crippen LogP contribution in [0.1, 0.15) is 19.8 Å². The first-order valence-corrected chi connectivity index (χ1v) is 3.94. The third-order valence-corrected chi connectivity index (χ3v) is 2.39. The molecular weight excluding hydrogens is 120 g/mol. The summed E-state index contributed by atoms with van der Waals surface area (Å²) in [5.74, 6) is 0.787. The van der Waals surface area contributed by atoms with Gasteiger partial charge in [-0.2, -0.15) is 0 Å². The molecule has 0 fully saturated rings. The zero-order valence-corrected chi connectivity index (χ0v) is 6.30. The van der Waals surface area contributed by atoms with Crippen molar-refractivity contribution in [3.8, 4) is 0 Å². The molecule has 0 aliphatic heterocycles. The fraction of sp³-hybridized carbons (Fsp3) is 0.400. The van der Waals surface area contributed by atoms with E-state index < -0.39 is 0 Å². The van der Waals surface area contributed by atoms with Crippen molar-refractivity contribution in [3.63, 3.8) is 0 Å². The molecule has 1 atom stereocenters. The van der Waals surface area contributed by atoms with E-state index in [1.165, 1.54) is 18.4 Å². The van der Waals surface area contributed by atoms with Crippen molar-refractivity contribution in [2.75, 3.05) is 0 Å². The van der Waals surface area contributed by atoms with Gasteiger partial charge in [0.1, 0.15) is 0 Å². The van der Waals surface area contributed by atoms with Crippen LogP contribution in [0.3, 0.4) is 0 Å². The van der Waals surface area contributed by atoms with Gasteiger partial charge in [0.15, 0.2) is 0 Å². The highest BCUT2D eigenvalue weighted by atomic mass is 14.2.